The standard InChI is InChI=1S/C21H27N5O/c27-20(15-9-10-15)25-11-13-26(14-12-25)21-23-18-8-4-3-7-17(18)19(24-21)22-16-5-1-2-6-16/h3-4,7-8,15-16H,1-2,5-6,9-14H2,(H,22,23,24). The molecule has 6 heteroatoms. The van der Waals surface area contributed by atoms with E-state index in [4.69, 9.17) is 9.97 Å². The first-order chi connectivity index (χ1) is 13.3. The highest BCUT2D eigenvalue weighted by Crippen LogP contribution is 2.32. The zero-order valence-electron chi connectivity index (χ0n) is 15.7. The molecule has 0 atom stereocenters. The molecule has 1 aromatic heterocycles. The monoisotopic (exact) mass is 365 g/mol. The van der Waals surface area contributed by atoms with Gasteiger partial charge in [-0.1, -0.05) is 25.0 Å². The molecule has 2 heterocycles. The van der Waals surface area contributed by atoms with Crippen LogP contribution in [-0.2, 0) is 4.79 Å². The van der Waals surface area contributed by atoms with Crippen molar-refractivity contribution in [1.29, 1.82) is 0 Å². The highest BCUT2D eigenvalue weighted by Gasteiger charge is 2.35. The number of anilines is 2. The molecule has 0 radical (unpaired) electrons. The van der Waals surface area contributed by atoms with E-state index in [1.807, 2.05) is 17.0 Å². The summed E-state index contributed by atoms with van der Waals surface area (Å²) in [6.07, 6.45) is 7.17. The lowest BCUT2D eigenvalue weighted by Crippen LogP contribution is -2.49. The maximum Gasteiger partial charge on any atom is 0.228 e. The topological polar surface area (TPSA) is 61.4 Å². The molecule has 2 saturated carbocycles. The summed E-state index contributed by atoms with van der Waals surface area (Å²) in [6.45, 7) is 3.16. The summed E-state index contributed by atoms with van der Waals surface area (Å²) in [7, 11) is 0. The maximum absolute atomic E-state index is 12.3. The Morgan fingerprint density at radius 3 is 2.44 bits per heavy atom. The lowest BCUT2D eigenvalue weighted by Gasteiger charge is -2.35. The van der Waals surface area contributed by atoms with Crippen molar-refractivity contribution in [1.82, 2.24) is 14.9 Å². The van der Waals surface area contributed by atoms with Crippen molar-refractivity contribution in [3.8, 4) is 0 Å². The number of rotatable bonds is 4. The Bertz CT molecular complexity index is 836. The first-order valence-corrected chi connectivity index (χ1v) is 10.3. The number of nitrogens with one attached hydrogen (secondary N) is 1. The molecule has 2 aromatic rings. The number of carbonyl (C=O) groups excluding carboxylic acids is 1. The molecule has 3 aliphatic rings. The van der Waals surface area contributed by atoms with Crippen LogP contribution in [0.25, 0.3) is 10.9 Å². The number of nitrogens with zero attached hydrogens (tertiary/aromatic N) is 4. The minimum absolute atomic E-state index is 0.302. The van der Waals surface area contributed by atoms with Crippen molar-refractivity contribution in [3.05, 3.63) is 24.3 Å². The van der Waals surface area contributed by atoms with Crippen LogP contribution in [0.3, 0.4) is 0 Å². The van der Waals surface area contributed by atoms with E-state index in [1.54, 1.807) is 0 Å². The molecule has 1 aliphatic heterocycles. The number of hydrogen-bond acceptors (Lipinski definition) is 5. The second-order valence-corrected chi connectivity index (χ2v) is 8.10. The fourth-order valence-corrected chi connectivity index (χ4v) is 4.29. The van der Waals surface area contributed by atoms with Gasteiger partial charge in [-0.05, 0) is 37.8 Å². The fraction of sp³-hybridized carbons (Fsp3) is 0.571. The van der Waals surface area contributed by atoms with Gasteiger partial charge < -0.3 is 15.1 Å². The third-order valence-electron chi connectivity index (χ3n) is 6.09. The van der Waals surface area contributed by atoms with Crippen LogP contribution in [0.2, 0.25) is 0 Å². The molecule has 0 spiro atoms. The van der Waals surface area contributed by atoms with Gasteiger partial charge in [0.25, 0.3) is 0 Å². The zero-order valence-corrected chi connectivity index (χ0v) is 15.7. The van der Waals surface area contributed by atoms with Gasteiger partial charge in [0.1, 0.15) is 5.82 Å². The van der Waals surface area contributed by atoms with E-state index in [9.17, 15) is 4.79 Å². The van der Waals surface area contributed by atoms with Gasteiger partial charge in [0, 0.05) is 43.5 Å². The van der Waals surface area contributed by atoms with Crippen LogP contribution in [0.5, 0.6) is 0 Å². The lowest BCUT2D eigenvalue weighted by molar-refractivity contribution is -0.132. The van der Waals surface area contributed by atoms with E-state index in [0.717, 1.165) is 61.7 Å². The molecule has 0 unspecified atom stereocenters. The third kappa shape index (κ3) is 3.45. The Kier molecular flexibility index (Phi) is 4.34. The van der Waals surface area contributed by atoms with Crippen LogP contribution < -0.4 is 10.2 Å². The minimum Gasteiger partial charge on any atom is -0.367 e. The zero-order chi connectivity index (χ0) is 18.2. The molecule has 142 valence electrons. The highest BCUT2D eigenvalue weighted by atomic mass is 16.2. The van der Waals surface area contributed by atoms with Gasteiger partial charge in [-0.2, -0.15) is 4.98 Å². The molecular formula is C21H27N5O. The van der Waals surface area contributed by atoms with E-state index in [2.05, 4.69) is 22.3 Å². The number of piperazine rings is 1. The summed E-state index contributed by atoms with van der Waals surface area (Å²) in [5, 5.41) is 4.76. The first kappa shape index (κ1) is 16.8. The number of hydrogen-bond donors (Lipinski definition) is 1. The Balaban J connectivity index is 1.37. The van der Waals surface area contributed by atoms with E-state index < -0.39 is 0 Å². The van der Waals surface area contributed by atoms with Crippen molar-refractivity contribution >= 4 is 28.6 Å². The van der Waals surface area contributed by atoms with Gasteiger partial charge in [0.2, 0.25) is 11.9 Å². The van der Waals surface area contributed by atoms with Crippen LogP contribution in [0.1, 0.15) is 38.5 Å². The summed E-state index contributed by atoms with van der Waals surface area (Å²) in [6, 6.07) is 8.76. The number of carbonyl (C=O) groups is 1. The average molecular weight is 365 g/mol. The van der Waals surface area contributed by atoms with Crippen molar-refractivity contribution in [2.45, 2.75) is 44.6 Å². The molecule has 1 N–H and O–H groups in total. The SMILES string of the molecule is O=C(C1CC1)N1CCN(c2nc(NC3CCCC3)c3ccccc3n2)CC1. The van der Waals surface area contributed by atoms with E-state index in [-0.39, 0.29) is 0 Å². The molecule has 2 aliphatic carbocycles. The fourth-order valence-electron chi connectivity index (χ4n) is 4.29. The molecular weight excluding hydrogens is 338 g/mol. The van der Waals surface area contributed by atoms with Crippen LogP contribution in [0.4, 0.5) is 11.8 Å². The Morgan fingerprint density at radius 2 is 1.70 bits per heavy atom. The largest absolute Gasteiger partial charge is 0.367 e. The summed E-state index contributed by atoms with van der Waals surface area (Å²) >= 11 is 0. The molecule has 3 fully saturated rings. The van der Waals surface area contributed by atoms with Crippen molar-refractivity contribution < 1.29 is 4.79 Å². The van der Waals surface area contributed by atoms with Crippen molar-refractivity contribution in [2.75, 3.05) is 36.4 Å². The van der Waals surface area contributed by atoms with Gasteiger partial charge in [-0.15, -0.1) is 0 Å². The Morgan fingerprint density at radius 1 is 0.963 bits per heavy atom. The summed E-state index contributed by atoms with van der Waals surface area (Å²) in [4.78, 5) is 26.3. The summed E-state index contributed by atoms with van der Waals surface area (Å²) < 4.78 is 0. The smallest absolute Gasteiger partial charge is 0.228 e. The number of fused-ring (bicyclic) bond motifs is 1. The summed E-state index contributed by atoms with van der Waals surface area (Å²) in [5.74, 6) is 2.39. The van der Waals surface area contributed by atoms with Crippen LogP contribution in [0.15, 0.2) is 24.3 Å². The normalized spacial score (nSPS) is 21.0. The first-order valence-electron chi connectivity index (χ1n) is 10.3. The maximum atomic E-state index is 12.3. The van der Waals surface area contributed by atoms with E-state index >= 15 is 0 Å². The van der Waals surface area contributed by atoms with Gasteiger partial charge in [-0.3, -0.25) is 4.79 Å². The van der Waals surface area contributed by atoms with Crippen LogP contribution in [-0.4, -0.2) is 53.0 Å². The Hall–Kier alpha value is -2.37. The quantitative estimate of drug-likeness (QED) is 0.902. The molecule has 6 nitrogen and oxygen atoms in total. The molecule has 5 rings (SSSR count). The number of amides is 1. The second-order valence-electron chi connectivity index (χ2n) is 8.10. The van der Waals surface area contributed by atoms with Crippen molar-refractivity contribution in [3.63, 3.8) is 0 Å². The molecule has 0 bridgehead atoms. The molecule has 1 aromatic carbocycles. The van der Waals surface area contributed by atoms with Crippen LogP contribution in [0, 0.1) is 5.92 Å². The average Bonchev–Trinajstić information content (AvgIpc) is 3.44. The van der Waals surface area contributed by atoms with E-state index in [0.29, 0.717) is 17.9 Å². The molecule has 1 saturated heterocycles. The van der Waals surface area contributed by atoms with Gasteiger partial charge in [0.05, 0.1) is 5.52 Å². The van der Waals surface area contributed by atoms with Gasteiger partial charge >= 0.3 is 0 Å². The number of benzene rings is 1. The molecule has 27 heavy (non-hydrogen) atoms. The van der Waals surface area contributed by atoms with Gasteiger partial charge in [-0.25, -0.2) is 4.98 Å². The third-order valence-corrected chi connectivity index (χ3v) is 6.09. The predicted molar refractivity (Wildman–Crippen MR) is 107 cm³/mol. The van der Waals surface area contributed by atoms with Crippen molar-refractivity contribution in [2.24, 2.45) is 5.92 Å². The van der Waals surface area contributed by atoms with Crippen LogP contribution >= 0.6 is 0 Å². The summed E-state index contributed by atoms with van der Waals surface area (Å²) in [5.41, 5.74) is 0.986. The number of aromatic nitrogens is 2. The number of para-hydroxylation sites is 1. The minimum atomic E-state index is 0.302. The predicted octanol–water partition coefficient (Wildman–Crippen LogP) is 3.04. The Labute approximate surface area is 160 Å². The lowest BCUT2D eigenvalue weighted by atomic mass is 10.2. The second kappa shape index (κ2) is 6.98. The molecule has 1 amide bonds. The highest BCUT2D eigenvalue weighted by molar-refractivity contribution is 5.90. The van der Waals surface area contributed by atoms with Gasteiger partial charge in [0.15, 0.2) is 0 Å². The van der Waals surface area contributed by atoms with E-state index in [1.165, 1.54) is 25.7 Å².